The molecule has 1 atom stereocenters. The molecule has 1 amide bonds. The number of hydrogen-bond acceptors (Lipinski definition) is 4. The smallest absolute Gasteiger partial charge is 0.294 e. The number of carbonyl (C=O) groups is 2. The Morgan fingerprint density at radius 3 is 2.33 bits per heavy atom. The Labute approximate surface area is 163 Å². The molecule has 1 aromatic heterocycles. The van der Waals surface area contributed by atoms with Crippen LogP contribution in [-0.4, -0.2) is 16.8 Å². The Hall–Kier alpha value is -3.12. The maximum absolute atomic E-state index is 13.0. The van der Waals surface area contributed by atoms with Gasteiger partial charge in [-0.1, -0.05) is 46.3 Å². The molecule has 0 spiro atoms. The molecular formula is C21H14BrNO4. The maximum atomic E-state index is 13.0. The van der Waals surface area contributed by atoms with E-state index in [0.29, 0.717) is 11.3 Å². The number of Topliss-reactive ketones (excluding diaryl/α,β-unsaturated/α-hetero) is 1. The second-order valence-electron chi connectivity index (χ2n) is 6.03. The van der Waals surface area contributed by atoms with Gasteiger partial charge >= 0.3 is 0 Å². The molecule has 134 valence electrons. The molecular weight excluding hydrogens is 410 g/mol. The minimum atomic E-state index is -0.759. The van der Waals surface area contributed by atoms with Crippen molar-refractivity contribution in [1.82, 2.24) is 0 Å². The molecule has 3 aromatic rings. The summed E-state index contributed by atoms with van der Waals surface area (Å²) in [5, 5.41) is 10.6. The molecule has 1 aliphatic rings. The lowest BCUT2D eigenvalue weighted by atomic mass is 9.95. The van der Waals surface area contributed by atoms with Gasteiger partial charge in [-0.15, -0.1) is 0 Å². The summed E-state index contributed by atoms with van der Waals surface area (Å²) >= 11 is 3.39. The fraction of sp³-hybridized carbons (Fsp3) is 0.0476. The van der Waals surface area contributed by atoms with E-state index in [1.54, 1.807) is 30.3 Å². The number of ketones is 1. The SMILES string of the molecule is O=C(C1=C(O)C(=O)N(c2ccccc2)C1c1ccc(Br)cc1)c1ccco1. The van der Waals surface area contributed by atoms with Crippen molar-refractivity contribution in [3.63, 3.8) is 0 Å². The molecule has 0 bridgehead atoms. The van der Waals surface area contributed by atoms with E-state index in [1.165, 1.54) is 17.2 Å². The quantitative estimate of drug-likeness (QED) is 0.610. The number of para-hydroxylation sites is 1. The molecule has 27 heavy (non-hydrogen) atoms. The summed E-state index contributed by atoms with van der Waals surface area (Å²) < 4.78 is 6.07. The van der Waals surface area contributed by atoms with Crippen LogP contribution in [0.1, 0.15) is 22.2 Å². The van der Waals surface area contributed by atoms with E-state index in [0.717, 1.165) is 4.47 Å². The average molecular weight is 424 g/mol. The van der Waals surface area contributed by atoms with E-state index in [9.17, 15) is 14.7 Å². The topological polar surface area (TPSA) is 70.8 Å². The highest BCUT2D eigenvalue weighted by Crippen LogP contribution is 2.42. The summed E-state index contributed by atoms with van der Waals surface area (Å²) in [5.41, 5.74) is 1.29. The van der Waals surface area contributed by atoms with Crippen LogP contribution in [0, 0.1) is 0 Å². The molecule has 4 rings (SSSR count). The Morgan fingerprint density at radius 1 is 1.00 bits per heavy atom. The average Bonchev–Trinajstić information content (AvgIpc) is 3.31. The first-order chi connectivity index (χ1) is 13.1. The highest BCUT2D eigenvalue weighted by Gasteiger charge is 2.45. The lowest BCUT2D eigenvalue weighted by Gasteiger charge is -2.26. The Balaban J connectivity index is 1.88. The number of amides is 1. The minimum Gasteiger partial charge on any atom is -0.503 e. The van der Waals surface area contributed by atoms with Crippen molar-refractivity contribution in [2.45, 2.75) is 6.04 Å². The molecule has 0 saturated heterocycles. The van der Waals surface area contributed by atoms with Gasteiger partial charge in [-0.05, 0) is 42.0 Å². The predicted octanol–water partition coefficient (Wildman–Crippen LogP) is 4.83. The van der Waals surface area contributed by atoms with Gasteiger partial charge in [0.15, 0.2) is 11.5 Å². The van der Waals surface area contributed by atoms with Crippen molar-refractivity contribution in [2.75, 3.05) is 4.90 Å². The lowest BCUT2D eigenvalue weighted by molar-refractivity contribution is -0.117. The summed E-state index contributed by atoms with van der Waals surface area (Å²) in [6.07, 6.45) is 1.38. The van der Waals surface area contributed by atoms with Crippen LogP contribution in [0.4, 0.5) is 5.69 Å². The fourth-order valence-corrected chi connectivity index (χ4v) is 3.46. The van der Waals surface area contributed by atoms with E-state index in [4.69, 9.17) is 4.42 Å². The second kappa shape index (κ2) is 6.89. The van der Waals surface area contributed by atoms with Gasteiger partial charge in [0.2, 0.25) is 5.78 Å². The number of anilines is 1. The van der Waals surface area contributed by atoms with Gasteiger partial charge in [0.25, 0.3) is 5.91 Å². The van der Waals surface area contributed by atoms with Crippen molar-refractivity contribution in [2.24, 2.45) is 0 Å². The molecule has 2 heterocycles. The van der Waals surface area contributed by atoms with Gasteiger partial charge in [0, 0.05) is 10.2 Å². The molecule has 6 heteroatoms. The molecule has 0 radical (unpaired) electrons. The molecule has 0 aliphatic carbocycles. The van der Waals surface area contributed by atoms with Crippen LogP contribution >= 0.6 is 15.9 Å². The van der Waals surface area contributed by atoms with Crippen molar-refractivity contribution < 1.29 is 19.1 Å². The van der Waals surface area contributed by atoms with Crippen LogP contribution in [0.25, 0.3) is 0 Å². The third kappa shape index (κ3) is 2.98. The number of hydrogen-bond donors (Lipinski definition) is 1. The van der Waals surface area contributed by atoms with Crippen LogP contribution < -0.4 is 4.90 Å². The van der Waals surface area contributed by atoms with Gasteiger partial charge in [0.1, 0.15) is 0 Å². The molecule has 1 aliphatic heterocycles. The van der Waals surface area contributed by atoms with E-state index in [1.807, 2.05) is 30.3 Å². The lowest BCUT2D eigenvalue weighted by Crippen LogP contribution is -2.30. The molecule has 1 unspecified atom stereocenters. The first kappa shape index (κ1) is 17.3. The molecule has 1 N–H and O–H groups in total. The third-order valence-corrected chi connectivity index (χ3v) is 4.95. The van der Waals surface area contributed by atoms with E-state index in [2.05, 4.69) is 15.9 Å². The zero-order chi connectivity index (χ0) is 19.0. The summed E-state index contributed by atoms with van der Waals surface area (Å²) in [6.45, 7) is 0. The number of aliphatic hydroxyl groups is 1. The Bertz CT molecular complexity index is 1020. The van der Waals surface area contributed by atoms with Gasteiger partial charge in [-0.25, -0.2) is 0 Å². The highest BCUT2D eigenvalue weighted by atomic mass is 79.9. The number of carbonyl (C=O) groups excluding carboxylic acids is 2. The molecule has 0 saturated carbocycles. The fourth-order valence-electron chi connectivity index (χ4n) is 3.19. The predicted molar refractivity (Wildman–Crippen MR) is 104 cm³/mol. The molecule has 5 nitrogen and oxygen atoms in total. The standard InChI is InChI=1S/C21H14BrNO4/c22-14-10-8-13(9-11-14)18-17(19(24)16-7-4-12-27-16)20(25)21(26)23(18)15-5-2-1-3-6-15/h1-12,18,25H. The van der Waals surface area contributed by atoms with Crippen LogP contribution in [0.3, 0.4) is 0 Å². The molecule has 0 fully saturated rings. The number of benzene rings is 2. The Kier molecular flexibility index (Phi) is 4.41. The zero-order valence-electron chi connectivity index (χ0n) is 14.0. The first-order valence-electron chi connectivity index (χ1n) is 8.23. The Morgan fingerprint density at radius 2 is 1.70 bits per heavy atom. The minimum absolute atomic E-state index is 0.00104. The van der Waals surface area contributed by atoms with Gasteiger partial charge in [-0.3, -0.25) is 14.5 Å². The van der Waals surface area contributed by atoms with Gasteiger partial charge in [0.05, 0.1) is 17.9 Å². The summed E-state index contributed by atoms with van der Waals surface area (Å²) in [6, 6.07) is 18.6. The van der Waals surface area contributed by atoms with Crippen molar-refractivity contribution in [3.05, 3.63) is 100 Å². The van der Waals surface area contributed by atoms with E-state index >= 15 is 0 Å². The van der Waals surface area contributed by atoms with Crippen molar-refractivity contribution in [1.29, 1.82) is 0 Å². The summed E-state index contributed by atoms with van der Waals surface area (Å²) in [7, 11) is 0. The van der Waals surface area contributed by atoms with Crippen LogP contribution in [-0.2, 0) is 4.79 Å². The largest absolute Gasteiger partial charge is 0.503 e. The second-order valence-corrected chi connectivity index (χ2v) is 6.95. The number of furan rings is 1. The number of nitrogens with zero attached hydrogens (tertiary/aromatic N) is 1. The molecule has 2 aromatic carbocycles. The van der Waals surface area contributed by atoms with Crippen molar-refractivity contribution >= 4 is 33.3 Å². The van der Waals surface area contributed by atoms with E-state index in [-0.39, 0.29) is 11.3 Å². The normalized spacial score (nSPS) is 16.9. The number of rotatable bonds is 4. The van der Waals surface area contributed by atoms with Crippen LogP contribution in [0.15, 0.2) is 93.2 Å². The first-order valence-corrected chi connectivity index (χ1v) is 9.02. The maximum Gasteiger partial charge on any atom is 0.294 e. The van der Waals surface area contributed by atoms with Crippen LogP contribution in [0.5, 0.6) is 0 Å². The van der Waals surface area contributed by atoms with Gasteiger partial charge in [-0.2, -0.15) is 0 Å². The highest BCUT2D eigenvalue weighted by molar-refractivity contribution is 9.10. The van der Waals surface area contributed by atoms with Crippen molar-refractivity contribution in [3.8, 4) is 0 Å². The summed E-state index contributed by atoms with van der Waals surface area (Å²) in [4.78, 5) is 27.3. The monoisotopic (exact) mass is 423 g/mol. The third-order valence-electron chi connectivity index (χ3n) is 4.42. The van der Waals surface area contributed by atoms with Gasteiger partial charge < -0.3 is 9.52 Å². The zero-order valence-corrected chi connectivity index (χ0v) is 15.6. The van der Waals surface area contributed by atoms with Crippen LogP contribution in [0.2, 0.25) is 0 Å². The summed E-state index contributed by atoms with van der Waals surface area (Å²) in [5.74, 6) is -1.63. The van der Waals surface area contributed by atoms with E-state index < -0.39 is 23.5 Å². The number of halogens is 1. The number of aliphatic hydroxyl groups excluding tert-OH is 1.